The van der Waals surface area contributed by atoms with Crippen LogP contribution in [-0.2, 0) is 0 Å². The van der Waals surface area contributed by atoms with E-state index in [9.17, 15) is 0 Å². The van der Waals surface area contributed by atoms with Crippen LogP contribution in [-0.4, -0.2) is 43.2 Å². The maximum Gasteiger partial charge on any atom is 0.232 e. The van der Waals surface area contributed by atoms with Gasteiger partial charge in [-0.3, -0.25) is 0 Å². The van der Waals surface area contributed by atoms with Crippen molar-refractivity contribution >= 4 is 28.7 Å². The third-order valence-electron chi connectivity index (χ3n) is 2.59. The molecule has 0 radical (unpaired) electrons. The summed E-state index contributed by atoms with van der Waals surface area (Å²) in [6, 6.07) is 5.52. The van der Waals surface area contributed by atoms with Gasteiger partial charge in [-0.1, -0.05) is 6.07 Å². The maximum absolute atomic E-state index is 8.90. The van der Waals surface area contributed by atoms with Gasteiger partial charge in [0.1, 0.15) is 11.3 Å². The molecule has 0 fully saturated rings. The second-order valence-corrected chi connectivity index (χ2v) is 3.99. The van der Waals surface area contributed by atoms with E-state index in [1.165, 1.54) is 0 Å². The number of aliphatic hydroxyl groups excluding tert-OH is 1. The fourth-order valence-electron chi connectivity index (χ4n) is 1.74. The van der Waals surface area contributed by atoms with Crippen LogP contribution in [0.15, 0.2) is 30.7 Å². The quantitative estimate of drug-likeness (QED) is 0.545. The van der Waals surface area contributed by atoms with Crippen LogP contribution in [0.25, 0.3) is 11.2 Å². The third-order valence-corrected chi connectivity index (χ3v) is 2.59. The Bertz CT molecular complexity index is 697. The lowest BCUT2D eigenvalue weighted by Gasteiger charge is -2.08. The lowest BCUT2D eigenvalue weighted by atomic mass is 10.4. The van der Waals surface area contributed by atoms with Gasteiger partial charge in [-0.15, -0.1) is 0 Å². The lowest BCUT2D eigenvalue weighted by molar-refractivity contribution is 0.311. The Kier molecular flexibility index (Phi) is 3.38. The first-order chi connectivity index (χ1) is 9.86. The summed E-state index contributed by atoms with van der Waals surface area (Å²) in [6.07, 6.45) is 3.23. The predicted octanol–water partition coefficient (Wildman–Crippen LogP) is 0.896. The molecule has 3 aromatic rings. The average molecular weight is 271 g/mol. The van der Waals surface area contributed by atoms with Gasteiger partial charge >= 0.3 is 0 Å². The van der Waals surface area contributed by atoms with E-state index in [0.29, 0.717) is 35.3 Å². The summed E-state index contributed by atoms with van der Waals surface area (Å²) in [7, 11) is 0. The first kappa shape index (κ1) is 12.3. The van der Waals surface area contributed by atoms with E-state index < -0.39 is 0 Å². The standard InChI is InChI=1S/C12H13N7O/c20-6-5-14-10-9-11(16-7-15-9)19-12(18-10)17-8-3-1-2-4-13-8/h1-4,7,20H,5-6H2,(H3,13,14,15,16,17,18,19). The van der Waals surface area contributed by atoms with Gasteiger partial charge in [0.05, 0.1) is 12.9 Å². The molecule has 3 heterocycles. The van der Waals surface area contributed by atoms with E-state index in [0.717, 1.165) is 0 Å². The molecule has 8 heteroatoms. The van der Waals surface area contributed by atoms with E-state index in [2.05, 4.69) is 35.6 Å². The number of imidazole rings is 1. The highest BCUT2D eigenvalue weighted by Gasteiger charge is 2.09. The highest BCUT2D eigenvalue weighted by atomic mass is 16.3. The van der Waals surface area contributed by atoms with Gasteiger partial charge in [-0.25, -0.2) is 9.97 Å². The van der Waals surface area contributed by atoms with Crippen LogP contribution in [0.5, 0.6) is 0 Å². The van der Waals surface area contributed by atoms with E-state index in [4.69, 9.17) is 5.11 Å². The number of fused-ring (bicyclic) bond motifs is 1. The maximum atomic E-state index is 8.90. The van der Waals surface area contributed by atoms with Gasteiger partial charge in [0.2, 0.25) is 5.95 Å². The Labute approximate surface area is 114 Å². The summed E-state index contributed by atoms with van der Waals surface area (Å²) in [5.41, 5.74) is 1.24. The van der Waals surface area contributed by atoms with Crippen molar-refractivity contribution in [1.29, 1.82) is 0 Å². The molecule has 3 rings (SSSR count). The molecule has 0 saturated carbocycles. The molecule has 0 bridgehead atoms. The number of aromatic nitrogens is 5. The molecule has 3 aromatic heterocycles. The molecule has 0 aromatic carbocycles. The van der Waals surface area contributed by atoms with E-state index in [1.807, 2.05) is 18.2 Å². The van der Waals surface area contributed by atoms with E-state index in [-0.39, 0.29) is 6.61 Å². The van der Waals surface area contributed by atoms with Crippen molar-refractivity contribution < 1.29 is 5.11 Å². The summed E-state index contributed by atoms with van der Waals surface area (Å²) in [6.45, 7) is 0.413. The van der Waals surface area contributed by atoms with Gasteiger partial charge in [0.15, 0.2) is 11.5 Å². The fourth-order valence-corrected chi connectivity index (χ4v) is 1.74. The van der Waals surface area contributed by atoms with Crippen molar-refractivity contribution in [3.63, 3.8) is 0 Å². The van der Waals surface area contributed by atoms with Gasteiger partial charge in [0.25, 0.3) is 0 Å². The minimum absolute atomic E-state index is 0.0165. The zero-order valence-corrected chi connectivity index (χ0v) is 10.5. The molecule has 4 N–H and O–H groups in total. The second kappa shape index (κ2) is 5.49. The van der Waals surface area contributed by atoms with Gasteiger partial charge in [-0.2, -0.15) is 9.97 Å². The van der Waals surface area contributed by atoms with Crippen molar-refractivity contribution in [2.45, 2.75) is 0 Å². The Hall–Kier alpha value is -2.74. The van der Waals surface area contributed by atoms with Crippen LogP contribution < -0.4 is 10.6 Å². The zero-order valence-electron chi connectivity index (χ0n) is 10.5. The first-order valence-electron chi connectivity index (χ1n) is 6.11. The summed E-state index contributed by atoms with van der Waals surface area (Å²) >= 11 is 0. The SMILES string of the molecule is OCCNc1nc(Nc2ccccn2)nc2nc[nH]c12. The second-order valence-electron chi connectivity index (χ2n) is 3.99. The largest absolute Gasteiger partial charge is 0.395 e. The molecule has 0 spiro atoms. The number of pyridine rings is 1. The highest BCUT2D eigenvalue weighted by Crippen LogP contribution is 2.19. The zero-order chi connectivity index (χ0) is 13.8. The van der Waals surface area contributed by atoms with Crippen LogP contribution in [0, 0.1) is 0 Å². The molecule has 102 valence electrons. The monoisotopic (exact) mass is 271 g/mol. The normalized spacial score (nSPS) is 10.7. The van der Waals surface area contributed by atoms with Crippen LogP contribution in [0.2, 0.25) is 0 Å². The van der Waals surface area contributed by atoms with Crippen molar-refractivity contribution in [3.8, 4) is 0 Å². The Morgan fingerprint density at radius 1 is 1.20 bits per heavy atom. The van der Waals surface area contributed by atoms with Crippen LogP contribution in [0.1, 0.15) is 0 Å². The summed E-state index contributed by atoms with van der Waals surface area (Å²) in [5.74, 6) is 1.62. The molecule has 0 amide bonds. The average Bonchev–Trinajstić information content (AvgIpc) is 2.94. The smallest absolute Gasteiger partial charge is 0.232 e. The number of aromatic amines is 1. The van der Waals surface area contributed by atoms with Gasteiger partial charge < -0.3 is 20.7 Å². The lowest BCUT2D eigenvalue weighted by Crippen LogP contribution is -2.09. The molecule has 20 heavy (non-hydrogen) atoms. The van der Waals surface area contributed by atoms with E-state index >= 15 is 0 Å². The van der Waals surface area contributed by atoms with Crippen LogP contribution >= 0.6 is 0 Å². The minimum atomic E-state index is 0.0165. The van der Waals surface area contributed by atoms with Crippen molar-refractivity contribution in [1.82, 2.24) is 24.9 Å². The molecule has 0 unspecified atom stereocenters. The minimum Gasteiger partial charge on any atom is -0.395 e. The molecule has 0 aliphatic rings. The summed E-state index contributed by atoms with van der Waals surface area (Å²) < 4.78 is 0. The number of aliphatic hydroxyl groups is 1. The topological polar surface area (TPSA) is 112 Å². The Balaban J connectivity index is 1.94. The number of anilines is 3. The van der Waals surface area contributed by atoms with Gasteiger partial charge in [0, 0.05) is 12.7 Å². The summed E-state index contributed by atoms with van der Waals surface area (Å²) in [4.78, 5) is 19.9. The third kappa shape index (κ3) is 2.50. The van der Waals surface area contributed by atoms with Crippen LogP contribution in [0.3, 0.4) is 0 Å². The molecular weight excluding hydrogens is 258 g/mol. The number of H-pyrrole nitrogens is 1. The van der Waals surface area contributed by atoms with Crippen molar-refractivity contribution in [3.05, 3.63) is 30.7 Å². The molecule has 0 aliphatic carbocycles. The van der Waals surface area contributed by atoms with Crippen LogP contribution in [0.4, 0.5) is 17.6 Å². The predicted molar refractivity (Wildman–Crippen MR) is 74.8 cm³/mol. The summed E-state index contributed by atoms with van der Waals surface area (Å²) in [5, 5.41) is 14.9. The van der Waals surface area contributed by atoms with Gasteiger partial charge in [-0.05, 0) is 12.1 Å². The van der Waals surface area contributed by atoms with Crippen molar-refractivity contribution in [2.75, 3.05) is 23.8 Å². The molecule has 0 atom stereocenters. The molecule has 0 saturated heterocycles. The molecule has 8 nitrogen and oxygen atoms in total. The Morgan fingerprint density at radius 2 is 2.15 bits per heavy atom. The number of nitrogens with one attached hydrogen (secondary N) is 3. The number of rotatable bonds is 5. The van der Waals surface area contributed by atoms with E-state index in [1.54, 1.807) is 12.5 Å². The highest BCUT2D eigenvalue weighted by molar-refractivity contribution is 5.83. The Morgan fingerprint density at radius 3 is 2.95 bits per heavy atom. The van der Waals surface area contributed by atoms with Crippen molar-refractivity contribution in [2.24, 2.45) is 0 Å². The first-order valence-corrected chi connectivity index (χ1v) is 6.11. The number of nitrogens with zero attached hydrogens (tertiary/aromatic N) is 4. The molecule has 0 aliphatic heterocycles. The molecular formula is C12H13N7O. The number of hydrogen-bond acceptors (Lipinski definition) is 7. The number of hydrogen-bond donors (Lipinski definition) is 4. The fraction of sp³-hybridized carbons (Fsp3) is 0.167.